The Bertz CT molecular complexity index is 1230. The molecule has 1 amide bonds. The number of hydrogen-bond donors (Lipinski definition) is 1. The Kier molecular flexibility index (Phi) is 5.69. The van der Waals surface area contributed by atoms with E-state index in [-0.39, 0.29) is 11.3 Å². The third kappa shape index (κ3) is 3.60. The van der Waals surface area contributed by atoms with Gasteiger partial charge in [0.2, 0.25) is 0 Å². The molecule has 0 aromatic heterocycles. The van der Waals surface area contributed by atoms with Crippen LogP contribution in [-0.2, 0) is 9.59 Å². The maximum Gasteiger partial charge on any atom is 0.300 e. The maximum absolute atomic E-state index is 13.2. The summed E-state index contributed by atoms with van der Waals surface area (Å²) >= 11 is 0. The summed E-state index contributed by atoms with van der Waals surface area (Å²) in [7, 11) is 3.05. The standard InChI is InChI=1S/C26H23NO5/c1-16-8-6-10-18(14-16)27-23(20-12-4-5-13-21(20)32-3)22(25(29)26(27)30)24(28)17-9-7-11-19(15-17)31-2/h4-15,23,28H,1-3H3/b24-22+. The van der Waals surface area contributed by atoms with Crippen molar-refractivity contribution >= 4 is 23.1 Å². The molecule has 1 aliphatic rings. The lowest BCUT2D eigenvalue weighted by molar-refractivity contribution is -0.132. The number of Topliss-reactive ketones (excluding diaryl/α,β-unsaturated/α-hetero) is 1. The summed E-state index contributed by atoms with van der Waals surface area (Å²) in [5.41, 5.74) is 2.48. The van der Waals surface area contributed by atoms with Gasteiger partial charge >= 0.3 is 0 Å². The molecule has 3 aromatic rings. The summed E-state index contributed by atoms with van der Waals surface area (Å²) < 4.78 is 10.8. The lowest BCUT2D eigenvalue weighted by Crippen LogP contribution is -2.29. The first-order chi connectivity index (χ1) is 15.5. The van der Waals surface area contributed by atoms with Gasteiger partial charge in [0.05, 0.1) is 25.8 Å². The minimum atomic E-state index is -0.862. The Labute approximate surface area is 186 Å². The Hall–Kier alpha value is -4.06. The van der Waals surface area contributed by atoms with Gasteiger partial charge in [-0.05, 0) is 42.8 Å². The molecule has 162 valence electrons. The smallest absolute Gasteiger partial charge is 0.300 e. The second-order valence-corrected chi connectivity index (χ2v) is 7.48. The highest BCUT2D eigenvalue weighted by molar-refractivity contribution is 6.51. The van der Waals surface area contributed by atoms with Crippen molar-refractivity contribution in [2.75, 3.05) is 19.1 Å². The number of ketones is 1. The molecule has 1 aliphatic heterocycles. The van der Waals surface area contributed by atoms with Gasteiger partial charge in [-0.2, -0.15) is 0 Å². The fraction of sp³-hybridized carbons (Fsp3) is 0.154. The molecule has 1 atom stereocenters. The number of amides is 1. The average Bonchev–Trinajstić information content (AvgIpc) is 3.08. The second kappa shape index (κ2) is 8.59. The Morgan fingerprint density at radius 2 is 1.66 bits per heavy atom. The van der Waals surface area contributed by atoms with Crippen LogP contribution in [0.5, 0.6) is 11.5 Å². The van der Waals surface area contributed by atoms with E-state index in [0.29, 0.717) is 28.3 Å². The monoisotopic (exact) mass is 429 g/mol. The number of hydrogen-bond acceptors (Lipinski definition) is 5. The minimum Gasteiger partial charge on any atom is -0.507 e. The molecule has 1 heterocycles. The lowest BCUT2D eigenvalue weighted by atomic mass is 9.94. The fourth-order valence-electron chi connectivity index (χ4n) is 3.99. The highest BCUT2D eigenvalue weighted by Crippen LogP contribution is 2.45. The highest BCUT2D eigenvalue weighted by Gasteiger charge is 2.47. The molecule has 0 saturated carbocycles. The van der Waals surface area contributed by atoms with Gasteiger partial charge in [-0.15, -0.1) is 0 Å². The number of nitrogens with zero attached hydrogens (tertiary/aromatic N) is 1. The molecular weight excluding hydrogens is 406 g/mol. The van der Waals surface area contributed by atoms with E-state index in [2.05, 4.69) is 0 Å². The molecule has 1 N–H and O–H groups in total. The molecule has 0 bridgehead atoms. The predicted molar refractivity (Wildman–Crippen MR) is 122 cm³/mol. The van der Waals surface area contributed by atoms with Gasteiger partial charge in [0.15, 0.2) is 0 Å². The summed E-state index contributed by atoms with van der Waals surface area (Å²) in [6, 6.07) is 20.4. The van der Waals surface area contributed by atoms with Crippen LogP contribution >= 0.6 is 0 Å². The van der Waals surface area contributed by atoms with Crippen LogP contribution < -0.4 is 14.4 Å². The third-order valence-corrected chi connectivity index (χ3v) is 5.50. The van der Waals surface area contributed by atoms with Crippen molar-refractivity contribution in [2.45, 2.75) is 13.0 Å². The summed E-state index contributed by atoms with van der Waals surface area (Å²) in [5, 5.41) is 11.2. The fourth-order valence-corrected chi connectivity index (χ4v) is 3.99. The number of para-hydroxylation sites is 1. The van der Waals surface area contributed by atoms with Crippen molar-refractivity contribution in [2.24, 2.45) is 0 Å². The van der Waals surface area contributed by atoms with Crippen molar-refractivity contribution in [3.8, 4) is 11.5 Å². The number of anilines is 1. The SMILES string of the molecule is COc1cccc(/C(O)=C2\C(=O)C(=O)N(c3cccc(C)c3)C2c2ccccc2OC)c1. The van der Waals surface area contributed by atoms with Crippen LogP contribution in [0.4, 0.5) is 5.69 Å². The number of aliphatic hydroxyl groups excluding tert-OH is 1. The predicted octanol–water partition coefficient (Wildman–Crippen LogP) is 4.64. The first kappa shape index (κ1) is 21.2. The quantitative estimate of drug-likeness (QED) is 0.363. The van der Waals surface area contributed by atoms with Crippen LogP contribution in [0.2, 0.25) is 0 Å². The molecule has 3 aromatic carbocycles. The van der Waals surface area contributed by atoms with Crippen LogP contribution in [0.15, 0.2) is 78.4 Å². The van der Waals surface area contributed by atoms with E-state index in [1.165, 1.54) is 19.1 Å². The van der Waals surface area contributed by atoms with Gasteiger partial charge in [0, 0.05) is 16.8 Å². The van der Waals surface area contributed by atoms with Crippen LogP contribution in [0.3, 0.4) is 0 Å². The van der Waals surface area contributed by atoms with Gasteiger partial charge in [-0.25, -0.2) is 0 Å². The number of carbonyl (C=O) groups is 2. The zero-order valence-electron chi connectivity index (χ0n) is 18.0. The number of methoxy groups -OCH3 is 2. The summed E-state index contributed by atoms with van der Waals surface area (Å²) in [6.07, 6.45) is 0. The van der Waals surface area contributed by atoms with Crippen LogP contribution in [0, 0.1) is 6.92 Å². The second-order valence-electron chi connectivity index (χ2n) is 7.48. The molecule has 1 unspecified atom stereocenters. The first-order valence-corrected chi connectivity index (χ1v) is 10.1. The number of ether oxygens (including phenoxy) is 2. The van der Waals surface area contributed by atoms with Crippen molar-refractivity contribution < 1.29 is 24.2 Å². The summed E-state index contributed by atoms with van der Waals surface area (Å²) in [5.74, 6) is -0.712. The first-order valence-electron chi connectivity index (χ1n) is 10.1. The molecule has 6 heteroatoms. The lowest BCUT2D eigenvalue weighted by Gasteiger charge is -2.27. The van der Waals surface area contributed by atoms with Crippen LogP contribution in [0.1, 0.15) is 22.7 Å². The normalized spacial score (nSPS) is 17.5. The van der Waals surface area contributed by atoms with Crippen LogP contribution in [-0.4, -0.2) is 31.0 Å². The van der Waals surface area contributed by atoms with E-state index >= 15 is 0 Å². The van der Waals surface area contributed by atoms with Gasteiger partial charge < -0.3 is 14.6 Å². The number of benzene rings is 3. The number of aliphatic hydroxyl groups is 1. The number of carbonyl (C=O) groups excluding carboxylic acids is 2. The molecule has 32 heavy (non-hydrogen) atoms. The average molecular weight is 429 g/mol. The zero-order valence-corrected chi connectivity index (χ0v) is 18.0. The molecule has 0 spiro atoms. The molecule has 6 nitrogen and oxygen atoms in total. The maximum atomic E-state index is 13.2. The van der Waals surface area contributed by atoms with Crippen molar-refractivity contribution in [1.29, 1.82) is 0 Å². The van der Waals surface area contributed by atoms with E-state index < -0.39 is 17.7 Å². The number of rotatable bonds is 5. The van der Waals surface area contributed by atoms with E-state index in [1.54, 1.807) is 48.5 Å². The van der Waals surface area contributed by atoms with Crippen molar-refractivity contribution in [3.63, 3.8) is 0 Å². The van der Waals surface area contributed by atoms with E-state index in [1.807, 2.05) is 31.2 Å². The molecule has 4 rings (SSSR count). The molecule has 0 radical (unpaired) electrons. The number of aryl methyl sites for hydroxylation is 1. The van der Waals surface area contributed by atoms with E-state index in [0.717, 1.165) is 5.56 Å². The highest BCUT2D eigenvalue weighted by atomic mass is 16.5. The molecule has 1 saturated heterocycles. The largest absolute Gasteiger partial charge is 0.507 e. The molecule has 0 aliphatic carbocycles. The van der Waals surface area contributed by atoms with Crippen molar-refractivity contribution in [3.05, 3.63) is 95.1 Å². The zero-order chi connectivity index (χ0) is 22.8. The van der Waals surface area contributed by atoms with Gasteiger partial charge in [0.1, 0.15) is 17.3 Å². The molecule has 1 fully saturated rings. The van der Waals surface area contributed by atoms with E-state index in [9.17, 15) is 14.7 Å². The summed E-state index contributed by atoms with van der Waals surface area (Å²) in [4.78, 5) is 27.9. The van der Waals surface area contributed by atoms with Gasteiger partial charge in [-0.1, -0.05) is 42.5 Å². The van der Waals surface area contributed by atoms with Gasteiger partial charge in [-0.3, -0.25) is 14.5 Å². The Morgan fingerprint density at radius 1 is 0.906 bits per heavy atom. The van der Waals surface area contributed by atoms with Gasteiger partial charge in [0.25, 0.3) is 11.7 Å². The molecular formula is C26H23NO5. The third-order valence-electron chi connectivity index (χ3n) is 5.50. The minimum absolute atomic E-state index is 0.00532. The van der Waals surface area contributed by atoms with Crippen LogP contribution in [0.25, 0.3) is 5.76 Å². The van der Waals surface area contributed by atoms with E-state index in [4.69, 9.17) is 9.47 Å². The Balaban J connectivity index is 1.99. The Morgan fingerprint density at radius 3 is 2.38 bits per heavy atom. The summed E-state index contributed by atoms with van der Waals surface area (Å²) in [6.45, 7) is 1.91. The van der Waals surface area contributed by atoms with Crippen molar-refractivity contribution in [1.82, 2.24) is 0 Å². The topological polar surface area (TPSA) is 76.1 Å².